The van der Waals surface area contributed by atoms with Crippen LogP contribution in [0.25, 0.3) is 0 Å². The summed E-state index contributed by atoms with van der Waals surface area (Å²) in [5.74, 6) is 0.671. The van der Waals surface area contributed by atoms with E-state index in [4.69, 9.17) is 10.5 Å². The van der Waals surface area contributed by atoms with Crippen LogP contribution in [0, 0.1) is 12.8 Å². The van der Waals surface area contributed by atoms with Gasteiger partial charge in [0.2, 0.25) is 0 Å². The molecule has 2 unspecified atom stereocenters. The molecule has 2 atom stereocenters. The first-order valence-corrected chi connectivity index (χ1v) is 5.58. The van der Waals surface area contributed by atoms with Crippen molar-refractivity contribution in [3.8, 4) is 0 Å². The summed E-state index contributed by atoms with van der Waals surface area (Å²) in [6, 6.07) is 8.32. The van der Waals surface area contributed by atoms with Crippen LogP contribution in [-0.2, 0) is 4.74 Å². The van der Waals surface area contributed by atoms with Gasteiger partial charge in [-0.2, -0.15) is 0 Å². The number of rotatable bonds is 4. The lowest BCUT2D eigenvalue weighted by Crippen LogP contribution is -2.30. The molecule has 1 aliphatic rings. The summed E-state index contributed by atoms with van der Waals surface area (Å²) in [7, 11) is 1.76. The van der Waals surface area contributed by atoms with Crippen LogP contribution in [0.2, 0.25) is 0 Å². The van der Waals surface area contributed by atoms with Crippen molar-refractivity contribution in [3.63, 3.8) is 0 Å². The van der Waals surface area contributed by atoms with Crippen LogP contribution in [0.15, 0.2) is 24.3 Å². The van der Waals surface area contributed by atoms with Crippen molar-refractivity contribution < 1.29 is 4.74 Å². The van der Waals surface area contributed by atoms with Crippen LogP contribution in [0.1, 0.15) is 30.0 Å². The normalized spacial score (nSPS) is 19.9. The van der Waals surface area contributed by atoms with E-state index >= 15 is 0 Å². The minimum Gasteiger partial charge on any atom is -0.379 e. The van der Waals surface area contributed by atoms with E-state index in [1.807, 2.05) is 12.1 Å². The molecule has 1 saturated carbocycles. The lowest BCUT2D eigenvalue weighted by Gasteiger charge is -2.24. The second-order valence-electron chi connectivity index (χ2n) is 4.42. The Kier molecular flexibility index (Phi) is 3.08. The van der Waals surface area contributed by atoms with Gasteiger partial charge in [0, 0.05) is 7.11 Å². The second kappa shape index (κ2) is 4.33. The summed E-state index contributed by atoms with van der Waals surface area (Å²) in [5.41, 5.74) is 8.74. The first kappa shape index (κ1) is 10.7. The highest BCUT2D eigenvalue weighted by Crippen LogP contribution is 2.39. The first-order valence-electron chi connectivity index (χ1n) is 5.58. The zero-order chi connectivity index (χ0) is 10.8. The molecule has 15 heavy (non-hydrogen) atoms. The molecule has 1 fully saturated rings. The minimum absolute atomic E-state index is 0.0173. The number of benzene rings is 1. The van der Waals surface area contributed by atoms with Crippen LogP contribution in [0.4, 0.5) is 0 Å². The molecule has 2 nitrogen and oxygen atoms in total. The number of hydrogen-bond acceptors (Lipinski definition) is 2. The van der Waals surface area contributed by atoms with Crippen LogP contribution in [-0.4, -0.2) is 13.2 Å². The number of hydrogen-bond donors (Lipinski definition) is 1. The topological polar surface area (TPSA) is 35.2 Å². The third-order valence-corrected chi connectivity index (χ3v) is 3.26. The average Bonchev–Trinajstić information content (AvgIpc) is 3.03. The van der Waals surface area contributed by atoms with Gasteiger partial charge in [-0.05, 0) is 36.8 Å². The van der Waals surface area contributed by atoms with Crippen molar-refractivity contribution in [1.29, 1.82) is 0 Å². The fourth-order valence-corrected chi connectivity index (χ4v) is 2.19. The van der Waals surface area contributed by atoms with Gasteiger partial charge in [-0.3, -0.25) is 0 Å². The van der Waals surface area contributed by atoms with E-state index in [0.717, 1.165) is 0 Å². The summed E-state index contributed by atoms with van der Waals surface area (Å²) >= 11 is 0. The molecule has 1 aromatic rings. The zero-order valence-electron chi connectivity index (χ0n) is 9.44. The fraction of sp³-hybridized carbons (Fsp3) is 0.538. The van der Waals surface area contributed by atoms with Gasteiger partial charge in [0.25, 0.3) is 0 Å². The van der Waals surface area contributed by atoms with Gasteiger partial charge in [0.15, 0.2) is 0 Å². The Bertz CT molecular complexity index is 333. The number of methoxy groups -OCH3 is 1. The van der Waals surface area contributed by atoms with E-state index in [9.17, 15) is 0 Å². The minimum atomic E-state index is 0.0173. The summed E-state index contributed by atoms with van der Waals surface area (Å²) in [6.45, 7) is 2.11. The monoisotopic (exact) mass is 205 g/mol. The van der Waals surface area contributed by atoms with Crippen molar-refractivity contribution in [3.05, 3.63) is 35.4 Å². The van der Waals surface area contributed by atoms with Gasteiger partial charge in [0.05, 0.1) is 12.1 Å². The maximum absolute atomic E-state index is 6.27. The average molecular weight is 205 g/mol. The highest BCUT2D eigenvalue weighted by Gasteiger charge is 2.36. The first-order chi connectivity index (χ1) is 7.24. The molecular formula is C13H19NO. The highest BCUT2D eigenvalue weighted by atomic mass is 16.5. The van der Waals surface area contributed by atoms with E-state index in [-0.39, 0.29) is 12.1 Å². The summed E-state index contributed by atoms with van der Waals surface area (Å²) in [5, 5.41) is 0. The van der Waals surface area contributed by atoms with Gasteiger partial charge >= 0.3 is 0 Å². The molecule has 1 aliphatic carbocycles. The zero-order valence-corrected chi connectivity index (χ0v) is 9.44. The van der Waals surface area contributed by atoms with Gasteiger partial charge < -0.3 is 10.5 Å². The van der Waals surface area contributed by atoms with Crippen molar-refractivity contribution in [2.45, 2.75) is 31.9 Å². The molecule has 82 valence electrons. The molecule has 2 heteroatoms. The maximum atomic E-state index is 6.27. The van der Waals surface area contributed by atoms with Gasteiger partial charge in [0.1, 0.15) is 0 Å². The highest BCUT2D eigenvalue weighted by molar-refractivity contribution is 5.29. The van der Waals surface area contributed by atoms with Crippen molar-refractivity contribution in [2.24, 2.45) is 11.7 Å². The third-order valence-electron chi connectivity index (χ3n) is 3.26. The summed E-state index contributed by atoms with van der Waals surface area (Å²) in [4.78, 5) is 0. The van der Waals surface area contributed by atoms with Crippen LogP contribution >= 0.6 is 0 Å². The van der Waals surface area contributed by atoms with Crippen LogP contribution in [0.3, 0.4) is 0 Å². The standard InChI is InChI=1S/C13H19NO/c1-9-5-3-4-6-11(9)12(14)13(15-2)10-7-8-10/h3-6,10,12-13H,7-8,14H2,1-2H3. The Morgan fingerprint density at radius 2 is 2.00 bits per heavy atom. The van der Waals surface area contributed by atoms with Gasteiger partial charge in [-0.25, -0.2) is 0 Å². The fourth-order valence-electron chi connectivity index (χ4n) is 2.19. The predicted molar refractivity (Wildman–Crippen MR) is 61.6 cm³/mol. The molecular weight excluding hydrogens is 186 g/mol. The molecule has 0 aromatic heterocycles. The Morgan fingerprint density at radius 1 is 1.33 bits per heavy atom. The van der Waals surface area contributed by atoms with Crippen LogP contribution < -0.4 is 5.73 Å². The second-order valence-corrected chi connectivity index (χ2v) is 4.42. The predicted octanol–water partition coefficient (Wildman–Crippen LogP) is 2.42. The molecule has 0 bridgehead atoms. The van der Waals surface area contributed by atoms with E-state index < -0.39 is 0 Å². The molecule has 0 radical (unpaired) electrons. The van der Waals surface area contributed by atoms with E-state index in [2.05, 4.69) is 19.1 Å². The lowest BCUT2D eigenvalue weighted by molar-refractivity contribution is 0.0622. The van der Waals surface area contributed by atoms with E-state index in [1.165, 1.54) is 24.0 Å². The number of ether oxygens (including phenoxy) is 1. The van der Waals surface area contributed by atoms with Crippen LogP contribution in [0.5, 0.6) is 0 Å². The lowest BCUT2D eigenvalue weighted by atomic mass is 9.95. The molecule has 0 aliphatic heterocycles. The molecule has 0 amide bonds. The van der Waals surface area contributed by atoms with Crippen molar-refractivity contribution in [2.75, 3.05) is 7.11 Å². The molecule has 0 spiro atoms. The molecule has 2 N–H and O–H groups in total. The Labute approximate surface area is 91.4 Å². The largest absolute Gasteiger partial charge is 0.379 e. The number of nitrogens with two attached hydrogens (primary N) is 1. The number of aryl methyl sites for hydroxylation is 1. The SMILES string of the molecule is COC(C1CC1)C(N)c1ccccc1C. The van der Waals surface area contributed by atoms with E-state index in [1.54, 1.807) is 7.11 Å². The Hall–Kier alpha value is -0.860. The van der Waals surface area contributed by atoms with Gasteiger partial charge in [-0.15, -0.1) is 0 Å². The molecule has 2 rings (SSSR count). The molecule has 1 aromatic carbocycles. The van der Waals surface area contributed by atoms with E-state index in [0.29, 0.717) is 5.92 Å². The summed E-state index contributed by atoms with van der Waals surface area (Å²) < 4.78 is 5.52. The molecule has 0 saturated heterocycles. The maximum Gasteiger partial charge on any atom is 0.0791 e. The Balaban J connectivity index is 2.18. The van der Waals surface area contributed by atoms with Gasteiger partial charge in [-0.1, -0.05) is 24.3 Å². The van der Waals surface area contributed by atoms with Crippen molar-refractivity contribution >= 4 is 0 Å². The third kappa shape index (κ3) is 2.21. The van der Waals surface area contributed by atoms with Crippen molar-refractivity contribution in [1.82, 2.24) is 0 Å². The quantitative estimate of drug-likeness (QED) is 0.819. The molecule has 0 heterocycles. The Morgan fingerprint density at radius 3 is 2.53 bits per heavy atom. The summed E-state index contributed by atoms with van der Waals surface area (Å²) in [6.07, 6.45) is 2.71. The smallest absolute Gasteiger partial charge is 0.0791 e.